The van der Waals surface area contributed by atoms with E-state index < -0.39 is 0 Å². The third kappa shape index (κ3) is 2.92. The molecule has 0 bridgehead atoms. The molecule has 0 aromatic carbocycles. The van der Waals surface area contributed by atoms with E-state index in [1.807, 2.05) is 0 Å². The van der Waals surface area contributed by atoms with Gasteiger partial charge in [0.25, 0.3) is 0 Å². The van der Waals surface area contributed by atoms with Crippen molar-refractivity contribution >= 4 is 0 Å². The summed E-state index contributed by atoms with van der Waals surface area (Å²) in [4.78, 5) is 7.44. The van der Waals surface area contributed by atoms with Crippen molar-refractivity contribution in [3.05, 3.63) is 0 Å². The molecule has 0 aliphatic carbocycles. The second kappa shape index (κ2) is 5.07. The van der Waals surface area contributed by atoms with Gasteiger partial charge in [-0.3, -0.25) is 9.80 Å². The van der Waals surface area contributed by atoms with Gasteiger partial charge in [0.1, 0.15) is 0 Å². The smallest absolute Gasteiger partial charge is 0.0594 e. The van der Waals surface area contributed by atoms with Gasteiger partial charge in [0.15, 0.2) is 0 Å². The summed E-state index contributed by atoms with van der Waals surface area (Å²) in [6.07, 6.45) is 0. The van der Waals surface area contributed by atoms with Crippen LogP contribution in [0.2, 0.25) is 0 Å². The molecule has 0 unspecified atom stereocenters. The van der Waals surface area contributed by atoms with Gasteiger partial charge < -0.3 is 9.64 Å². The van der Waals surface area contributed by atoms with Crippen molar-refractivity contribution in [2.45, 2.75) is 0 Å². The van der Waals surface area contributed by atoms with Crippen LogP contribution in [0.1, 0.15) is 0 Å². The van der Waals surface area contributed by atoms with Crippen LogP contribution in [0.25, 0.3) is 0 Å². The summed E-state index contributed by atoms with van der Waals surface area (Å²) in [5.41, 5.74) is 0. The third-order valence-corrected chi connectivity index (χ3v) is 3.10. The van der Waals surface area contributed by atoms with Crippen LogP contribution in [0.5, 0.6) is 0 Å². The molecule has 2 heterocycles. The Kier molecular flexibility index (Phi) is 3.75. The van der Waals surface area contributed by atoms with Crippen molar-refractivity contribution in [1.82, 2.24) is 14.7 Å². The minimum absolute atomic E-state index is 0.910. The molecule has 0 aromatic rings. The molecule has 2 aliphatic heterocycles. The quantitative estimate of drug-likeness (QED) is 0.598. The molecule has 82 valence electrons. The van der Waals surface area contributed by atoms with Gasteiger partial charge >= 0.3 is 0 Å². The van der Waals surface area contributed by atoms with E-state index in [1.54, 1.807) is 0 Å². The lowest BCUT2D eigenvalue weighted by Crippen LogP contribution is -2.50. The normalized spacial score (nSPS) is 28.1. The predicted octanol–water partition coefficient (Wildman–Crippen LogP) is -0.476. The fraction of sp³-hybridized carbons (Fsp3) is 1.00. The fourth-order valence-electron chi connectivity index (χ4n) is 2.01. The van der Waals surface area contributed by atoms with E-state index in [-0.39, 0.29) is 0 Å². The number of piperazine rings is 1. The van der Waals surface area contributed by atoms with E-state index in [0.717, 1.165) is 33.0 Å². The average Bonchev–Trinajstić information content (AvgIpc) is 2.23. The largest absolute Gasteiger partial charge is 0.379 e. The lowest BCUT2D eigenvalue weighted by atomic mass is 10.3. The molecule has 14 heavy (non-hydrogen) atoms. The molecular formula is C10H21N3O. The summed E-state index contributed by atoms with van der Waals surface area (Å²) in [6, 6.07) is 0. The summed E-state index contributed by atoms with van der Waals surface area (Å²) < 4.78 is 5.34. The lowest BCUT2D eigenvalue weighted by molar-refractivity contribution is 0.000954. The van der Waals surface area contributed by atoms with Gasteiger partial charge in [0, 0.05) is 39.3 Å². The molecule has 2 aliphatic rings. The molecule has 4 nitrogen and oxygen atoms in total. The van der Waals surface area contributed by atoms with Crippen molar-refractivity contribution in [3.63, 3.8) is 0 Å². The Morgan fingerprint density at radius 1 is 0.857 bits per heavy atom. The van der Waals surface area contributed by atoms with E-state index in [0.29, 0.717) is 0 Å². The summed E-state index contributed by atoms with van der Waals surface area (Å²) >= 11 is 0. The van der Waals surface area contributed by atoms with Crippen molar-refractivity contribution in [1.29, 1.82) is 0 Å². The number of ether oxygens (including phenoxy) is 1. The maximum Gasteiger partial charge on any atom is 0.0594 e. The van der Waals surface area contributed by atoms with Gasteiger partial charge in [-0.25, -0.2) is 0 Å². The molecule has 0 amide bonds. The Hall–Kier alpha value is -0.160. The maximum absolute atomic E-state index is 5.34. The molecule has 0 aromatic heterocycles. The highest BCUT2D eigenvalue weighted by Crippen LogP contribution is 2.03. The van der Waals surface area contributed by atoms with Crippen LogP contribution in [0, 0.1) is 0 Å². The highest BCUT2D eigenvalue weighted by atomic mass is 16.5. The van der Waals surface area contributed by atoms with Crippen LogP contribution in [0.3, 0.4) is 0 Å². The summed E-state index contributed by atoms with van der Waals surface area (Å²) in [5, 5.41) is 0. The first-order valence-corrected chi connectivity index (χ1v) is 5.55. The Bertz CT molecular complexity index is 163. The zero-order valence-corrected chi connectivity index (χ0v) is 9.11. The minimum Gasteiger partial charge on any atom is -0.379 e. The van der Waals surface area contributed by atoms with Gasteiger partial charge in [-0.2, -0.15) is 0 Å². The molecule has 0 N–H and O–H groups in total. The molecule has 0 atom stereocenters. The second-order valence-corrected chi connectivity index (χ2v) is 4.29. The Morgan fingerprint density at radius 2 is 1.43 bits per heavy atom. The average molecular weight is 199 g/mol. The molecule has 0 spiro atoms. The molecule has 2 saturated heterocycles. The number of hydrogen-bond donors (Lipinski definition) is 0. The van der Waals surface area contributed by atoms with E-state index in [1.165, 1.54) is 26.2 Å². The van der Waals surface area contributed by atoms with Gasteiger partial charge in [0.2, 0.25) is 0 Å². The Morgan fingerprint density at radius 3 is 2.07 bits per heavy atom. The fourth-order valence-corrected chi connectivity index (χ4v) is 2.01. The van der Waals surface area contributed by atoms with Crippen molar-refractivity contribution < 1.29 is 4.74 Å². The number of hydrogen-bond acceptors (Lipinski definition) is 4. The minimum atomic E-state index is 0.910. The number of likely N-dealkylation sites (N-methyl/N-ethyl adjacent to an activating group) is 1. The Labute approximate surface area is 86.4 Å². The third-order valence-electron chi connectivity index (χ3n) is 3.10. The SMILES string of the molecule is CN1CCN(CN2CCOCC2)CC1. The maximum atomic E-state index is 5.34. The number of rotatable bonds is 2. The Balaban J connectivity index is 1.68. The zero-order valence-electron chi connectivity index (χ0n) is 9.11. The molecule has 0 radical (unpaired) electrons. The molecule has 2 rings (SSSR count). The van der Waals surface area contributed by atoms with Crippen LogP contribution >= 0.6 is 0 Å². The first-order valence-electron chi connectivity index (χ1n) is 5.55. The number of nitrogens with zero attached hydrogens (tertiary/aromatic N) is 3. The topological polar surface area (TPSA) is 19.0 Å². The van der Waals surface area contributed by atoms with E-state index in [9.17, 15) is 0 Å². The zero-order chi connectivity index (χ0) is 9.80. The summed E-state index contributed by atoms with van der Waals surface area (Å²) in [7, 11) is 2.20. The summed E-state index contributed by atoms with van der Waals surface area (Å²) in [5.74, 6) is 0. The van der Waals surface area contributed by atoms with Crippen LogP contribution in [-0.4, -0.2) is 80.9 Å². The monoisotopic (exact) mass is 199 g/mol. The molecular weight excluding hydrogens is 178 g/mol. The van der Waals surface area contributed by atoms with E-state index in [2.05, 4.69) is 21.7 Å². The standard InChI is InChI=1S/C10H21N3O/c1-11-2-4-12(5-3-11)10-13-6-8-14-9-7-13/h2-10H2,1H3. The van der Waals surface area contributed by atoms with Crippen molar-refractivity contribution in [2.75, 3.05) is 66.2 Å². The number of morpholine rings is 1. The highest BCUT2D eigenvalue weighted by Gasteiger charge is 2.17. The van der Waals surface area contributed by atoms with Crippen molar-refractivity contribution in [3.8, 4) is 0 Å². The van der Waals surface area contributed by atoms with Crippen LogP contribution in [0.4, 0.5) is 0 Å². The van der Waals surface area contributed by atoms with E-state index in [4.69, 9.17) is 4.74 Å². The van der Waals surface area contributed by atoms with Gasteiger partial charge in [-0.15, -0.1) is 0 Å². The predicted molar refractivity (Wildman–Crippen MR) is 56.3 cm³/mol. The molecule has 2 fully saturated rings. The van der Waals surface area contributed by atoms with Crippen LogP contribution in [-0.2, 0) is 4.74 Å². The summed E-state index contributed by atoms with van der Waals surface area (Å²) in [6.45, 7) is 10.0. The lowest BCUT2D eigenvalue weighted by Gasteiger charge is -2.37. The first kappa shape index (κ1) is 10.4. The van der Waals surface area contributed by atoms with Gasteiger partial charge in [-0.1, -0.05) is 0 Å². The first-order chi connectivity index (χ1) is 6.84. The van der Waals surface area contributed by atoms with Crippen molar-refractivity contribution in [2.24, 2.45) is 0 Å². The van der Waals surface area contributed by atoms with Crippen LogP contribution in [0.15, 0.2) is 0 Å². The van der Waals surface area contributed by atoms with E-state index >= 15 is 0 Å². The molecule has 4 heteroatoms. The molecule has 0 saturated carbocycles. The van der Waals surface area contributed by atoms with Crippen LogP contribution < -0.4 is 0 Å². The second-order valence-electron chi connectivity index (χ2n) is 4.29. The van der Waals surface area contributed by atoms with Gasteiger partial charge in [0.05, 0.1) is 19.9 Å². The highest BCUT2D eigenvalue weighted by molar-refractivity contribution is 4.70. The van der Waals surface area contributed by atoms with Gasteiger partial charge in [-0.05, 0) is 7.05 Å².